The summed E-state index contributed by atoms with van der Waals surface area (Å²) < 4.78 is 17.5. The Morgan fingerprint density at radius 2 is 1.78 bits per heavy atom. The van der Waals surface area contributed by atoms with Crippen LogP contribution in [0.3, 0.4) is 0 Å². The fourth-order valence-corrected chi connectivity index (χ4v) is 2.82. The molecule has 1 N–H and O–H groups in total. The number of benzene rings is 2. The molecule has 0 saturated carbocycles. The van der Waals surface area contributed by atoms with Crippen molar-refractivity contribution in [1.29, 1.82) is 0 Å². The molecule has 2 rings (SSSR count). The fourth-order valence-electron chi connectivity index (χ4n) is 1.83. The van der Waals surface area contributed by atoms with E-state index in [0.717, 1.165) is 4.47 Å². The van der Waals surface area contributed by atoms with Crippen molar-refractivity contribution >= 4 is 44.3 Å². The van der Waals surface area contributed by atoms with Gasteiger partial charge >= 0.3 is 5.97 Å². The predicted molar refractivity (Wildman–Crippen MR) is 91.8 cm³/mol. The number of nitrogens with one attached hydrogen (secondary N) is 1. The third kappa shape index (κ3) is 5.01. The molecule has 2 aromatic carbocycles. The minimum Gasteiger partial charge on any atom is -0.452 e. The van der Waals surface area contributed by atoms with Gasteiger partial charge in [0.05, 0.1) is 21.3 Å². The lowest BCUT2D eigenvalue weighted by Gasteiger charge is -2.08. The van der Waals surface area contributed by atoms with Gasteiger partial charge < -0.3 is 10.1 Å². The van der Waals surface area contributed by atoms with Gasteiger partial charge in [0.2, 0.25) is 0 Å². The number of carbonyl (C=O) groups excluding carboxylic acids is 2. The van der Waals surface area contributed by atoms with Gasteiger partial charge in [-0.05, 0) is 36.4 Å². The van der Waals surface area contributed by atoms with Crippen molar-refractivity contribution in [3.63, 3.8) is 0 Å². The predicted octanol–water partition coefficient (Wildman–Crippen LogP) is 2.98. The maximum Gasteiger partial charge on any atom is 0.339 e. The molecule has 0 aliphatic carbocycles. The number of anilines is 1. The van der Waals surface area contributed by atoms with Gasteiger partial charge in [0.25, 0.3) is 5.91 Å². The molecule has 7 heteroatoms. The van der Waals surface area contributed by atoms with Crippen LogP contribution >= 0.6 is 15.9 Å². The van der Waals surface area contributed by atoms with Crippen LogP contribution in [0.1, 0.15) is 10.4 Å². The van der Waals surface area contributed by atoms with Crippen LogP contribution in [0.2, 0.25) is 0 Å². The van der Waals surface area contributed by atoms with E-state index in [1.807, 2.05) is 0 Å². The quantitative estimate of drug-likeness (QED) is 0.789. The first-order valence-corrected chi connectivity index (χ1v) is 8.97. The van der Waals surface area contributed by atoms with Crippen LogP contribution in [0.25, 0.3) is 0 Å². The largest absolute Gasteiger partial charge is 0.452 e. The Labute approximate surface area is 144 Å². The van der Waals surface area contributed by atoms with Gasteiger partial charge in [0.1, 0.15) is 0 Å². The average molecular weight is 396 g/mol. The Morgan fingerprint density at radius 3 is 2.43 bits per heavy atom. The SMILES string of the molecule is C[S@](=O)c1ccccc1C(=O)OCC(=O)Nc1ccc(Br)cc1. The van der Waals surface area contributed by atoms with E-state index in [2.05, 4.69) is 21.2 Å². The molecule has 1 atom stereocenters. The molecule has 0 spiro atoms. The van der Waals surface area contributed by atoms with E-state index in [-0.39, 0.29) is 5.56 Å². The molecule has 0 aliphatic rings. The van der Waals surface area contributed by atoms with Gasteiger partial charge in [-0.2, -0.15) is 0 Å². The van der Waals surface area contributed by atoms with E-state index in [1.165, 1.54) is 12.3 Å². The third-order valence-electron chi connectivity index (χ3n) is 2.88. The maximum atomic E-state index is 12.0. The molecule has 2 aromatic rings. The molecular weight excluding hydrogens is 382 g/mol. The topological polar surface area (TPSA) is 72.5 Å². The van der Waals surface area contributed by atoms with Crippen LogP contribution in [0.5, 0.6) is 0 Å². The zero-order valence-corrected chi connectivity index (χ0v) is 14.6. The Morgan fingerprint density at radius 1 is 1.13 bits per heavy atom. The summed E-state index contributed by atoms with van der Waals surface area (Å²) in [5, 5.41) is 2.62. The number of halogens is 1. The van der Waals surface area contributed by atoms with Gasteiger partial charge in [-0.1, -0.05) is 28.1 Å². The van der Waals surface area contributed by atoms with Crippen LogP contribution in [-0.4, -0.2) is 28.9 Å². The van der Waals surface area contributed by atoms with E-state index in [1.54, 1.807) is 42.5 Å². The summed E-state index contributed by atoms with van der Waals surface area (Å²) in [5.41, 5.74) is 0.800. The normalized spacial score (nSPS) is 11.6. The highest BCUT2D eigenvalue weighted by Gasteiger charge is 2.16. The summed E-state index contributed by atoms with van der Waals surface area (Å²) in [7, 11) is -1.31. The van der Waals surface area contributed by atoms with Gasteiger partial charge in [0, 0.05) is 16.4 Å². The van der Waals surface area contributed by atoms with Crippen LogP contribution in [0.15, 0.2) is 57.9 Å². The zero-order chi connectivity index (χ0) is 16.8. The van der Waals surface area contributed by atoms with E-state index < -0.39 is 29.3 Å². The van der Waals surface area contributed by atoms with Crippen molar-refractivity contribution in [3.05, 3.63) is 58.6 Å². The molecule has 0 bridgehead atoms. The van der Waals surface area contributed by atoms with Crippen molar-refractivity contribution in [3.8, 4) is 0 Å². The van der Waals surface area contributed by atoms with E-state index >= 15 is 0 Å². The molecule has 0 unspecified atom stereocenters. The molecule has 0 aliphatic heterocycles. The Bertz CT molecular complexity index is 746. The summed E-state index contributed by atoms with van der Waals surface area (Å²) in [5.74, 6) is -1.13. The molecule has 5 nitrogen and oxygen atoms in total. The van der Waals surface area contributed by atoms with Crippen molar-refractivity contribution < 1.29 is 18.5 Å². The van der Waals surface area contributed by atoms with Crippen LogP contribution in [-0.2, 0) is 20.3 Å². The number of amides is 1. The average Bonchev–Trinajstić information content (AvgIpc) is 2.54. The van der Waals surface area contributed by atoms with Gasteiger partial charge in [-0.15, -0.1) is 0 Å². The van der Waals surface area contributed by atoms with Crippen LogP contribution < -0.4 is 5.32 Å². The van der Waals surface area contributed by atoms with Gasteiger partial charge in [0.15, 0.2) is 6.61 Å². The second kappa shape index (κ2) is 8.03. The lowest BCUT2D eigenvalue weighted by atomic mass is 10.2. The molecule has 120 valence electrons. The second-order valence-corrected chi connectivity index (χ2v) is 6.85. The van der Waals surface area contributed by atoms with Crippen molar-refractivity contribution in [2.45, 2.75) is 4.90 Å². The van der Waals surface area contributed by atoms with E-state index in [4.69, 9.17) is 4.74 Å². The first-order valence-electron chi connectivity index (χ1n) is 6.62. The monoisotopic (exact) mass is 395 g/mol. The van der Waals surface area contributed by atoms with E-state index in [0.29, 0.717) is 10.6 Å². The van der Waals surface area contributed by atoms with Crippen LogP contribution in [0, 0.1) is 0 Å². The first-order chi connectivity index (χ1) is 11.0. The number of hydrogen-bond acceptors (Lipinski definition) is 4. The second-order valence-electron chi connectivity index (χ2n) is 4.58. The maximum absolute atomic E-state index is 12.0. The highest BCUT2D eigenvalue weighted by Crippen LogP contribution is 2.15. The molecule has 23 heavy (non-hydrogen) atoms. The lowest BCUT2D eigenvalue weighted by molar-refractivity contribution is -0.119. The molecule has 0 heterocycles. The summed E-state index contributed by atoms with van der Waals surface area (Å²) >= 11 is 3.30. The highest BCUT2D eigenvalue weighted by molar-refractivity contribution is 9.10. The standard InChI is InChI=1S/C16H14BrNO4S/c1-23(21)14-5-3-2-4-13(14)16(20)22-10-15(19)18-12-8-6-11(17)7-9-12/h2-9H,10H2,1H3,(H,18,19)/t23-/m0/s1. The minimum atomic E-state index is -1.31. The molecule has 0 saturated heterocycles. The number of carbonyl (C=O) groups is 2. The Hall–Kier alpha value is -1.99. The molecule has 1 amide bonds. The fraction of sp³-hybridized carbons (Fsp3) is 0.125. The first kappa shape index (κ1) is 17.4. The lowest BCUT2D eigenvalue weighted by Crippen LogP contribution is -2.21. The minimum absolute atomic E-state index is 0.199. The number of esters is 1. The smallest absolute Gasteiger partial charge is 0.339 e. The highest BCUT2D eigenvalue weighted by atomic mass is 79.9. The van der Waals surface area contributed by atoms with Crippen molar-refractivity contribution in [1.82, 2.24) is 0 Å². The molecular formula is C16H14BrNO4S. The Balaban J connectivity index is 1.95. The van der Waals surface area contributed by atoms with Gasteiger partial charge in [-0.25, -0.2) is 4.79 Å². The number of hydrogen-bond donors (Lipinski definition) is 1. The molecule has 0 radical (unpaired) electrons. The summed E-state index contributed by atoms with van der Waals surface area (Å²) in [4.78, 5) is 24.2. The van der Waals surface area contributed by atoms with Crippen molar-refractivity contribution in [2.75, 3.05) is 18.2 Å². The summed E-state index contributed by atoms with van der Waals surface area (Å²) in [6, 6.07) is 13.5. The summed E-state index contributed by atoms with van der Waals surface area (Å²) in [6.07, 6.45) is 1.48. The van der Waals surface area contributed by atoms with Gasteiger partial charge in [-0.3, -0.25) is 9.00 Å². The zero-order valence-electron chi connectivity index (χ0n) is 12.2. The van der Waals surface area contributed by atoms with Crippen molar-refractivity contribution in [2.24, 2.45) is 0 Å². The third-order valence-corrected chi connectivity index (χ3v) is 4.38. The van der Waals surface area contributed by atoms with Crippen LogP contribution in [0.4, 0.5) is 5.69 Å². The Kier molecular flexibility index (Phi) is 6.06. The molecule has 0 fully saturated rings. The van der Waals surface area contributed by atoms with E-state index in [9.17, 15) is 13.8 Å². The molecule has 0 aromatic heterocycles. The number of rotatable bonds is 5. The summed E-state index contributed by atoms with van der Waals surface area (Å²) in [6.45, 7) is -0.417. The number of ether oxygens (including phenoxy) is 1.